The van der Waals surface area contributed by atoms with E-state index in [9.17, 15) is 17.6 Å². The van der Waals surface area contributed by atoms with Crippen molar-refractivity contribution in [2.45, 2.75) is 83.7 Å². The molecule has 206 valence electrons. The number of halogens is 5. The number of hydrogen-bond donors (Lipinski definition) is 0. The highest BCUT2D eigenvalue weighted by atomic mass is 19.4. The van der Waals surface area contributed by atoms with Crippen LogP contribution in [0.15, 0.2) is 48.5 Å². The fourth-order valence-corrected chi connectivity index (χ4v) is 5.66. The number of fused-ring (bicyclic) bond motifs is 1. The third-order valence-electron chi connectivity index (χ3n) is 7.94. The van der Waals surface area contributed by atoms with Crippen LogP contribution in [0.3, 0.4) is 0 Å². The van der Waals surface area contributed by atoms with Gasteiger partial charge in [-0.1, -0.05) is 88.3 Å². The molecule has 0 saturated heterocycles. The molecule has 0 aliphatic heterocycles. The van der Waals surface area contributed by atoms with Gasteiger partial charge in [0.05, 0.1) is 0 Å². The zero-order chi connectivity index (χ0) is 27.1. The van der Waals surface area contributed by atoms with E-state index in [1.165, 1.54) is 69.1 Å². The Bertz CT molecular complexity index is 1190. The van der Waals surface area contributed by atoms with Crippen LogP contribution in [0.4, 0.5) is 22.0 Å². The van der Waals surface area contributed by atoms with Gasteiger partial charge in [-0.3, -0.25) is 0 Å². The lowest BCUT2D eigenvalue weighted by Gasteiger charge is -2.28. The van der Waals surface area contributed by atoms with Crippen molar-refractivity contribution in [2.75, 3.05) is 6.61 Å². The Morgan fingerprint density at radius 1 is 0.789 bits per heavy atom. The minimum atomic E-state index is -4.54. The van der Waals surface area contributed by atoms with Gasteiger partial charge in [-0.05, 0) is 71.7 Å². The molecule has 1 nitrogen and oxygen atoms in total. The van der Waals surface area contributed by atoms with Gasteiger partial charge in [0, 0.05) is 5.39 Å². The van der Waals surface area contributed by atoms with Crippen LogP contribution in [-0.4, -0.2) is 12.8 Å². The number of rotatable bonds is 11. The number of aryl methyl sites for hydroxylation is 3. The van der Waals surface area contributed by atoms with E-state index in [4.69, 9.17) is 0 Å². The average molecular weight is 533 g/mol. The van der Waals surface area contributed by atoms with Gasteiger partial charge >= 0.3 is 6.18 Å². The molecule has 4 rings (SSSR count). The van der Waals surface area contributed by atoms with E-state index < -0.39 is 24.3 Å². The first-order valence-electron chi connectivity index (χ1n) is 13.9. The lowest BCUT2D eigenvalue weighted by Crippen LogP contribution is -2.19. The van der Waals surface area contributed by atoms with Gasteiger partial charge in [0.2, 0.25) is 0 Å². The largest absolute Gasteiger partial charge is 0.481 e. The second kappa shape index (κ2) is 12.9. The summed E-state index contributed by atoms with van der Waals surface area (Å²) >= 11 is 0. The topological polar surface area (TPSA) is 9.23 Å². The summed E-state index contributed by atoms with van der Waals surface area (Å²) in [7, 11) is 0. The fourth-order valence-electron chi connectivity index (χ4n) is 5.66. The molecule has 1 saturated carbocycles. The maximum atomic E-state index is 15.3. The Balaban J connectivity index is 1.31. The minimum absolute atomic E-state index is 0.273. The van der Waals surface area contributed by atoms with Crippen molar-refractivity contribution in [1.82, 2.24) is 0 Å². The van der Waals surface area contributed by atoms with Crippen molar-refractivity contribution in [3.8, 4) is 5.75 Å². The number of ether oxygens (including phenoxy) is 1. The molecular weight excluding hydrogens is 495 g/mol. The van der Waals surface area contributed by atoms with Crippen LogP contribution in [0, 0.1) is 23.5 Å². The molecule has 0 spiro atoms. The van der Waals surface area contributed by atoms with Crippen LogP contribution in [0.1, 0.15) is 75.0 Å². The molecule has 0 heterocycles. The molecular formula is C32H37F5O. The first kappa shape index (κ1) is 28.4. The summed E-state index contributed by atoms with van der Waals surface area (Å²) in [6.07, 6.45) is 7.76. The summed E-state index contributed by atoms with van der Waals surface area (Å²) in [5, 5.41) is 1.45. The average Bonchev–Trinajstić information content (AvgIpc) is 2.90. The van der Waals surface area contributed by atoms with E-state index >= 15 is 4.39 Å². The second-order valence-corrected chi connectivity index (χ2v) is 10.8. The smallest absolute Gasteiger partial charge is 0.422 e. The Labute approximate surface area is 222 Å². The summed E-state index contributed by atoms with van der Waals surface area (Å²) in [6.45, 7) is 0.712. The SMILES string of the molecule is CCCCC1CCC(CCc2ccc3c(F)c(CCc4ccc(OCC(F)(F)F)c(F)c4)ccc3c2)CC1. The van der Waals surface area contributed by atoms with E-state index in [0.29, 0.717) is 29.4 Å². The number of benzene rings is 3. The molecule has 1 fully saturated rings. The van der Waals surface area contributed by atoms with Crippen molar-refractivity contribution in [2.24, 2.45) is 11.8 Å². The maximum absolute atomic E-state index is 15.3. The van der Waals surface area contributed by atoms with Gasteiger partial charge in [0.25, 0.3) is 0 Å². The Hall–Kier alpha value is -2.63. The minimum Gasteiger partial charge on any atom is -0.481 e. The molecule has 3 aromatic rings. The maximum Gasteiger partial charge on any atom is 0.422 e. The summed E-state index contributed by atoms with van der Waals surface area (Å²) in [5.41, 5.74) is 2.33. The highest BCUT2D eigenvalue weighted by molar-refractivity contribution is 5.84. The van der Waals surface area contributed by atoms with Crippen molar-refractivity contribution in [3.05, 3.63) is 76.9 Å². The van der Waals surface area contributed by atoms with Gasteiger partial charge in [0.15, 0.2) is 18.2 Å². The van der Waals surface area contributed by atoms with E-state index in [2.05, 4.69) is 17.7 Å². The van der Waals surface area contributed by atoms with E-state index in [0.717, 1.165) is 29.7 Å². The predicted molar refractivity (Wildman–Crippen MR) is 143 cm³/mol. The summed E-state index contributed by atoms with van der Waals surface area (Å²) in [4.78, 5) is 0. The first-order valence-corrected chi connectivity index (χ1v) is 13.9. The van der Waals surface area contributed by atoms with Crippen LogP contribution >= 0.6 is 0 Å². The third-order valence-corrected chi connectivity index (χ3v) is 7.94. The predicted octanol–water partition coefficient (Wildman–Crippen LogP) is 9.77. The first-order chi connectivity index (χ1) is 18.2. The van der Waals surface area contributed by atoms with Crippen LogP contribution in [0.2, 0.25) is 0 Å². The molecule has 0 bridgehead atoms. The molecule has 38 heavy (non-hydrogen) atoms. The van der Waals surface area contributed by atoms with Crippen LogP contribution in [0.5, 0.6) is 5.75 Å². The second-order valence-electron chi connectivity index (χ2n) is 10.8. The summed E-state index contributed by atoms with van der Waals surface area (Å²) in [5.74, 6) is 0.128. The number of hydrogen-bond acceptors (Lipinski definition) is 1. The molecule has 1 aliphatic rings. The van der Waals surface area contributed by atoms with Gasteiger partial charge in [-0.25, -0.2) is 8.78 Å². The van der Waals surface area contributed by atoms with E-state index in [-0.39, 0.29) is 5.82 Å². The Morgan fingerprint density at radius 2 is 1.47 bits per heavy atom. The lowest BCUT2D eigenvalue weighted by molar-refractivity contribution is -0.153. The van der Waals surface area contributed by atoms with Crippen LogP contribution in [-0.2, 0) is 19.3 Å². The monoisotopic (exact) mass is 532 g/mol. The van der Waals surface area contributed by atoms with Crippen molar-refractivity contribution in [3.63, 3.8) is 0 Å². The van der Waals surface area contributed by atoms with Crippen LogP contribution in [0.25, 0.3) is 10.8 Å². The molecule has 1 aliphatic carbocycles. The summed E-state index contributed by atoms with van der Waals surface area (Å²) < 4.78 is 70.8. The molecule has 0 radical (unpaired) electrons. The van der Waals surface area contributed by atoms with Crippen molar-refractivity contribution in [1.29, 1.82) is 0 Å². The molecule has 0 atom stereocenters. The van der Waals surface area contributed by atoms with Gasteiger partial charge < -0.3 is 4.74 Å². The van der Waals surface area contributed by atoms with Crippen molar-refractivity contribution < 1.29 is 26.7 Å². The molecule has 0 amide bonds. The zero-order valence-electron chi connectivity index (χ0n) is 22.1. The quantitative estimate of drug-likeness (QED) is 0.223. The molecule has 3 aromatic carbocycles. The third kappa shape index (κ3) is 7.94. The fraction of sp³-hybridized carbons (Fsp3) is 0.500. The number of unbranched alkanes of at least 4 members (excludes halogenated alkanes) is 1. The summed E-state index contributed by atoms with van der Waals surface area (Å²) in [6, 6.07) is 13.5. The van der Waals surface area contributed by atoms with Gasteiger partial charge in [-0.2, -0.15) is 13.2 Å². The van der Waals surface area contributed by atoms with E-state index in [1.807, 2.05) is 18.2 Å². The molecule has 0 unspecified atom stereocenters. The number of alkyl halides is 3. The molecule has 0 aromatic heterocycles. The van der Waals surface area contributed by atoms with Crippen LogP contribution < -0.4 is 4.74 Å². The van der Waals surface area contributed by atoms with Crippen molar-refractivity contribution >= 4 is 10.8 Å². The molecule has 0 N–H and O–H groups in total. The van der Waals surface area contributed by atoms with Gasteiger partial charge in [0.1, 0.15) is 5.82 Å². The Kier molecular flexibility index (Phi) is 9.67. The van der Waals surface area contributed by atoms with Gasteiger partial charge in [-0.15, -0.1) is 0 Å². The zero-order valence-corrected chi connectivity index (χ0v) is 22.1. The highest BCUT2D eigenvalue weighted by Crippen LogP contribution is 2.34. The normalized spacial score (nSPS) is 18.2. The van der Waals surface area contributed by atoms with E-state index in [1.54, 1.807) is 6.07 Å². The lowest BCUT2D eigenvalue weighted by atomic mass is 9.78. The molecule has 6 heteroatoms. The standard InChI is InChI=1S/C32H37F5O/c1-2-3-4-22-5-7-23(8-6-22)9-10-24-12-17-28-27(19-24)16-15-26(31(28)34)14-11-25-13-18-30(29(33)20-25)38-21-32(35,36)37/h12-13,15-20,22-23H,2-11,14,21H2,1H3. The highest BCUT2D eigenvalue weighted by Gasteiger charge is 2.29. The Morgan fingerprint density at radius 3 is 2.16 bits per heavy atom.